The highest BCUT2D eigenvalue weighted by Gasteiger charge is 2.22. The molecule has 3 rings (SSSR count). The molecule has 1 amide bonds. The summed E-state index contributed by atoms with van der Waals surface area (Å²) in [6, 6.07) is 9.79. The van der Waals surface area contributed by atoms with Crippen LogP contribution in [0.4, 0.5) is 0 Å². The lowest BCUT2D eigenvalue weighted by Crippen LogP contribution is -2.28. The minimum absolute atomic E-state index is 0.127. The third kappa shape index (κ3) is 2.45. The third-order valence-electron chi connectivity index (χ3n) is 3.46. The Balaban J connectivity index is 2.03. The van der Waals surface area contributed by atoms with E-state index in [-0.39, 0.29) is 5.91 Å². The number of benzene rings is 1. The molecule has 0 spiro atoms. The molecule has 1 aromatic carbocycles. The largest absolute Gasteiger partial charge is 0.339 e. The summed E-state index contributed by atoms with van der Waals surface area (Å²) >= 11 is 3.46. The second-order valence-corrected chi connectivity index (χ2v) is 5.67. The van der Waals surface area contributed by atoms with Gasteiger partial charge in [0, 0.05) is 30.0 Å². The number of carbonyl (C=O) groups excluding carboxylic acids is 1. The molecule has 0 atom stereocenters. The van der Waals surface area contributed by atoms with Crippen LogP contribution in [-0.2, 0) is 0 Å². The van der Waals surface area contributed by atoms with Crippen molar-refractivity contribution in [3.63, 3.8) is 0 Å². The second-order valence-electron chi connectivity index (χ2n) is 4.75. The van der Waals surface area contributed by atoms with E-state index in [0.29, 0.717) is 0 Å². The summed E-state index contributed by atoms with van der Waals surface area (Å²) in [7, 11) is 0. The molecule has 0 unspecified atom stereocenters. The molecule has 0 aliphatic carbocycles. The van der Waals surface area contributed by atoms with Crippen molar-refractivity contribution < 1.29 is 4.79 Å². The van der Waals surface area contributed by atoms with Gasteiger partial charge in [0.25, 0.3) is 5.91 Å². The SMILES string of the molecule is O=C(c1cc(Br)ccc1-n1cccc1)N1CCCC1. The van der Waals surface area contributed by atoms with Crippen LogP contribution in [0.1, 0.15) is 23.2 Å². The molecule has 3 nitrogen and oxygen atoms in total. The Labute approximate surface area is 121 Å². The van der Waals surface area contributed by atoms with E-state index in [2.05, 4.69) is 15.9 Å². The van der Waals surface area contributed by atoms with Crippen molar-refractivity contribution >= 4 is 21.8 Å². The van der Waals surface area contributed by atoms with Crippen molar-refractivity contribution in [2.75, 3.05) is 13.1 Å². The highest BCUT2D eigenvalue weighted by atomic mass is 79.9. The van der Waals surface area contributed by atoms with Crippen LogP contribution in [0.15, 0.2) is 47.2 Å². The van der Waals surface area contributed by atoms with Crippen molar-refractivity contribution in [3.8, 4) is 5.69 Å². The van der Waals surface area contributed by atoms with Gasteiger partial charge in [-0.2, -0.15) is 0 Å². The predicted octanol–water partition coefficient (Wildman–Crippen LogP) is 3.48. The van der Waals surface area contributed by atoms with Gasteiger partial charge in [-0.25, -0.2) is 0 Å². The smallest absolute Gasteiger partial charge is 0.256 e. The molecule has 98 valence electrons. The van der Waals surface area contributed by atoms with Gasteiger partial charge < -0.3 is 9.47 Å². The summed E-state index contributed by atoms with van der Waals surface area (Å²) < 4.78 is 2.92. The van der Waals surface area contributed by atoms with E-state index in [1.165, 1.54) is 0 Å². The van der Waals surface area contributed by atoms with Crippen molar-refractivity contribution in [1.29, 1.82) is 0 Å². The van der Waals surface area contributed by atoms with Crippen LogP contribution in [0.25, 0.3) is 5.69 Å². The predicted molar refractivity (Wildman–Crippen MR) is 78.6 cm³/mol. The quantitative estimate of drug-likeness (QED) is 0.832. The maximum Gasteiger partial charge on any atom is 0.256 e. The van der Waals surface area contributed by atoms with Gasteiger partial charge in [-0.1, -0.05) is 15.9 Å². The molecular formula is C15H15BrN2O. The summed E-state index contributed by atoms with van der Waals surface area (Å²) in [6.07, 6.45) is 6.14. The fraction of sp³-hybridized carbons (Fsp3) is 0.267. The lowest BCUT2D eigenvalue weighted by atomic mass is 10.1. The molecule has 0 saturated carbocycles. The molecule has 2 heterocycles. The molecule has 4 heteroatoms. The maximum absolute atomic E-state index is 12.6. The van der Waals surface area contributed by atoms with Crippen LogP contribution < -0.4 is 0 Å². The zero-order valence-electron chi connectivity index (χ0n) is 10.6. The zero-order valence-corrected chi connectivity index (χ0v) is 12.1. The number of rotatable bonds is 2. The molecule has 1 aliphatic heterocycles. The number of hydrogen-bond donors (Lipinski definition) is 0. The molecule has 1 aromatic heterocycles. The number of nitrogens with zero attached hydrogens (tertiary/aromatic N) is 2. The first-order valence-corrected chi connectivity index (χ1v) is 7.27. The van der Waals surface area contributed by atoms with Gasteiger partial charge in [-0.15, -0.1) is 0 Å². The maximum atomic E-state index is 12.6. The number of aromatic nitrogens is 1. The van der Waals surface area contributed by atoms with Crippen LogP contribution in [0.3, 0.4) is 0 Å². The van der Waals surface area contributed by atoms with Crippen molar-refractivity contribution in [3.05, 3.63) is 52.8 Å². The molecule has 1 saturated heterocycles. The Kier molecular flexibility index (Phi) is 3.42. The number of halogens is 1. The summed E-state index contributed by atoms with van der Waals surface area (Å²) in [5.41, 5.74) is 1.69. The first kappa shape index (κ1) is 12.5. The molecule has 1 aliphatic rings. The van der Waals surface area contributed by atoms with Gasteiger partial charge in [0.05, 0.1) is 11.3 Å². The number of carbonyl (C=O) groups is 1. The minimum atomic E-state index is 0.127. The topological polar surface area (TPSA) is 25.2 Å². The number of amides is 1. The summed E-state index contributed by atoms with van der Waals surface area (Å²) in [4.78, 5) is 14.5. The van der Waals surface area contributed by atoms with Gasteiger partial charge in [-0.3, -0.25) is 4.79 Å². The Morgan fingerprint density at radius 3 is 2.47 bits per heavy atom. The third-order valence-corrected chi connectivity index (χ3v) is 3.96. The highest BCUT2D eigenvalue weighted by molar-refractivity contribution is 9.10. The first-order valence-electron chi connectivity index (χ1n) is 6.48. The molecule has 0 N–H and O–H groups in total. The molecular weight excluding hydrogens is 304 g/mol. The van der Waals surface area contributed by atoms with Crippen molar-refractivity contribution in [2.45, 2.75) is 12.8 Å². The standard InChI is InChI=1S/C15H15BrN2O/c16-12-5-6-14(17-7-1-2-8-17)13(11-12)15(19)18-9-3-4-10-18/h1-2,5-8,11H,3-4,9-10H2. The van der Waals surface area contributed by atoms with Crippen LogP contribution in [-0.4, -0.2) is 28.5 Å². The normalized spacial score (nSPS) is 14.9. The summed E-state index contributed by atoms with van der Waals surface area (Å²) in [6.45, 7) is 1.74. The van der Waals surface area contributed by atoms with Crippen LogP contribution >= 0.6 is 15.9 Å². The van der Waals surface area contributed by atoms with E-state index in [9.17, 15) is 4.79 Å². The minimum Gasteiger partial charge on any atom is -0.339 e. The first-order chi connectivity index (χ1) is 9.25. The average molecular weight is 319 g/mol. The lowest BCUT2D eigenvalue weighted by Gasteiger charge is -2.18. The van der Waals surface area contributed by atoms with Gasteiger partial charge in [0.2, 0.25) is 0 Å². The van der Waals surface area contributed by atoms with Crippen molar-refractivity contribution in [1.82, 2.24) is 9.47 Å². The van der Waals surface area contributed by atoms with Crippen LogP contribution in [0.2, 0.25) is 0 Å². The Morgan fingerprint density at radius 2 is 1.79 bits per heavy atom. The fourth-order valence-corrected chi connectivity index (χ4v) is 2.85. The van der Waals surface area contributed by atoms with Gasteiger partial charge >= 0.3 is 0 Å². The molecule has 0 bridgehead atoms. The average Bonchev–Trinajstić information content (AvgIpc) is 3.11. The van der Waals surface area contributed by atoms with E-state index in [1.54, 1.807) is 0 Å². The monoisotopic (exact) mass is 318 g/mol. The van der Waals surface area contributed by atoms with Crippen LogP contribution in [0.5, 0.6) is 0 Å². The second kappa shape index (κ2) is 5.21. The zero-order chi connectivity index (χ0) is 13.2. The van der Waals surface area contributed by atoms with E-state index >= 15 is 0 Å². The molecule has 0 radical (unpaired) electrons. The number of hydrogen-bond acceptors (Lipinski definition) is 1. The molecule has 19 heavy (non-hydrogen) atoms. The van der Waals surface area contributed by atoms with Gasteiger partial charge in [0.15, 0.2) is 0 Å². The summed E-state index contributed by atoms with van der Waals surface area (Å²) in [5, 5.41) is 0. The van der Waals surface area contributed by atoms with E-state index in [4.69, 9.17) is 0 Å². The van der Waals surface area contributed by atoms with E-state index in [1.807, 2.05) is 52.2 Å². The van der Waals surface area contributed by atoms with Gasteiger partial charge in [-0.05, 0) is 43.2 Å². The number of likely N-dealkylation sites (tertiary alicyclic amines) is 1. The Morgan fingerprint density at radius 1 is 1.11 bits per heavy atom. The fourth-order valence-electron chi connectivity index (χ4n) is 2.49. The summed E-state index contributed by atoms with van der Waals surface area (Å²) in [5.74, 6) is 0.127. The van der Waals surface area contributed by atoms with E-state index in [0.717, 1.165) is 41.7 Å². The lowest BCUT2D eigenvalue weighted by molar-refractivity contribution is 0.0793. The van der Waals surface area contributed by atoms with Gasteiger partial charge in [0.1, 0.15) is 0 Å². The van der Waals surface area contributed by atoms with Crippen LogP contribution in [0, 0.1) is 0 Å². The van der Waals surface area contributed by atoms with Crippen molar-refractivity contribution in [2.24, 2.45) is 0 Å². The van der Waals surface area contributed by atoms with E-state index < -0.39 is 0 Å². The highest BCUT2D eigenvalue weighted by Crippen LogP contribution is 2.23. The Bertz CT molecular complexity index is 586. The molecule has 2 aromatic rings. The Hall–Kier alpha value is -1.55. The molecule has 1 fully saturated rings.